The molecule has 0 atom stereocenters. The SMILES string of the molecule is CC.CC1CCC(N=C2Cc3ccccc3N2)CC1. The molecule has 0 radical (unpaired) electrons. The van der Waals surface area contributed by atoms with Gasteiger partial charge in [0.1, 0.15) is 5.84 Å². The third kappa shape index (κ3) is 3.59. The molecule has 0 saturated heterocycles. The normalized spacial score (nSPS) is 27.2. The highest BCUT2D eigenvalue weighted by molar-refractivity contribution is 6.03. The topological polar surface area (TPSA) is 24.4 Å². The van der Waals surface area contributed by atoms with Crippen molar-refractivity contribution in [3.05, 3.63) is 29.8 Å². The van der Waals surface area contributed by atoms with E-state index in [4.69, 9.17) is 4.99 Å². The van der Waals surface area contributed by atoms with Gasteiger partial charge in [-0.2, -0.15) is 0 Å². The van der Waals surface area contributed by atoms with Gasteiger partial charge in [-0.05, 0) is 43.2 Å². The minimum Gasteiger partial charge on any atom is -0.344 e. The highest BCUT2D eigenvalue weighted by Crippen LogP contribution is 2.28. The number of aliphatic imine (C=N–C) groups is 1. The van der Waals surface area contributed by atoms with Crippen LogP contribution in [0.25, 0.3) is 0 Å². The number of rotatable bonds is 1. The van der Waals surface area contributed by atoms with Crippen molar-refractivity contribution in [2.24, 2.45) is 10.9 Å². The van der Waals surface area contributed by atoms with E-state index in [0.717, 1.165) is 12.3 Å². The Morgan fingerprint density at radius 1 is 1.05 bits per heavy atom. The summed E-state index contributed by atoms with van der Waals surface area (Å²) in [6.45, 7) is 6.35. The Kier molecular flexibility index (Phi) is 5.00. The van der Waals surface area contributed by atoms with Crippen molar-refractivity contribution in [3.8, 4) is 0 Å². The molecule has 1 aromatic carbocycles. The van der Waals surface area contributed by atoms with Crippen LogP contribution in [0.5, 0.6) is 0 Å². The molecule has 1 aromatic rings. The van der Waals surface area contributed by atoms with Crippen LogP contribution in [0.15, 0.2) is 29.3 Å². The molecular weight excluding hydrogens is 232 g/mol. The number of nitrogens with one attached hydrogen (secondary N) is 1. The Morgan fingerprint density at radius 3 is 2.42 bits per heavy atom. The second-order valence-corrected chi connectivity index (χ2v) is 5.45. The van der Waals surface area contributed by atoms with Gasteiger partial charge in [-0.3, -0.25) is 4.99 Å². The van der Waals surface area contributed by atoms with Crippen LogP contribution in [-0.2, 0) is 6.42 Å². The third-order valence-electron chi connectivity index (χ3n) is 3.98. The maximum absolute atomic E-state index is 4.89. The lowest BCUT2D eigenvalue weighted by atomic mass is 9.88. The van der Waals surface area contributed by atoms with Crippen molar-refractivity contribution in [2.45, 2.75) is 58.9 Å². The van der Waals surface area contributed by atoms with Crippen LogP contribution in [0, 0.1) is 5.92 Å². The standard InChI is InChI=1S/C15H20N2.C2H6/c1-11-6-8-13(9-7-11)16-15-10-12-4-2-3-5-14(12)17-15;1-2/h2-5,11,13H,6-10H2,1H3,(H,16,17);1-2H3. The lowest BCUT2D eigenvalue weighted by molar-refractivity contribution is 0.349. The number of fused-ring (bicyclic) bond motifs is 1. The predicted molar refractivity (Wildman–Crippen MR) is 84.0 cm³/mol. The largest absolute Gasteiger partial charge is 0.344 e. The molecule has 1 aliphatic heterocycles. The van der Waals surface area contributed by atoms with Crippen LogP contribution >= 0.6 is 0 Å². The number of amidine groups is 1. The molecule has 0 aromatic heterocycles. The fraction of sp³-hybridized carbons (Fsp3) is 0.588. The fourth-order valence-corrected chi connectivity index (χ4v) is 2.85. The van der Waals surface area contributed by atoms with Gasteiger partial charge < -0.3 is 5.32 Å². The van der Waals surface area contributed by atoms with Crippen LogP contribution in [0.3, 0.4) is 0 Å². The first-order chi connectivity index (χ1) is 9.31. The molecule has 1 N–H and O–H groups in total. The predicted octanol–water partition coefficient (Wildman–Crippen LogP) is 4.66. The van der Waals surface area contributed by atoms with Gasteiger partial charge in [0.2, 0.25) is 0 Å². The Labute approximate surface area is 117 Å². The zero-order valence-corrected chi connectivity index (χ0v) is 12.4. The molecule has 1 heterocycles. The molecule has 1 aliphatic carbocycles. The Balaban J connectivity index is 0.000000637. The van der Waals surface area contributed by atoms with E-state index in [9.17, 15) is 0 Å². The molecule has 0 bridgehead atoms. The molecule has 3 rings (SSSR count). The number of para-hydroxylation sites is 1. The molecule has 1 saturated carbocycles. The number of anilines is 1. The van der Waals surface area contributed by atoms with E-state index in [1.54, 1.807) is 0 Å². The molecule has 0 unspecified atom stereocenters. The summed E-state index contributed by atoms with van der Waals surface area (Å²) in [5, 5.41) is 3.44. The number of nitrogens with zero attached hydrogens (tertiary/aromatic N) is 1. The average molecular weight is 258 g/mol. The highest BCUT2D eigenvalue weighted by Gasteiger charge is 2.20. The minimum atomic E-state index is 0.558. The molecule has 0 amide bonds. The van der Waals surface area contributed by atoms with E-state index in [2.05, 4.69) is 36.5 Å². The van der Waals surface area contributed by atoms with E-state index >= 15 is 0 Å². The van der Waals surface area contributed by atoms with E-state index in [0.29, 0.717) is 6.04 Å². The van der Waals surface area contributed by atoms with Gasteiger partial charge in [-0.1, -0.05) is 39.0 Å². The van der Waals surface area contributed by atoms with Crippen LogP contribution in [0.1, 0.15) is 52.0 Å². The minimum absolute atomic E-state index is 0.558. The first-order valence-electron chi connectivity index (χ1n) is 7.73. The molecule has 1 fully saturated rings. The van der Waals surface area contributed by atoms with Gasteiger partial charge in [0.15, 0.2) is 0 Å². The second kappa shape index (κ2) is 6.74. The summed E-state index contributed by atoms with van der Waals surface area (Å²) < 4.78 is 0. The molecule has 2 nitrogen and oxygen atoms in total. The summed E-state index contributed by atoms with van der Waals surface area (Å²) in [6.07, 6.45) is 6.20. The molecule has 2 aliphatic rings. The summed E-state index contributed by atoms with van der Waals surface area (Å²) in [5.74, 6) is 2.07. The van der Waals surface area contributed by atoms with E-state index < -0.39 is 0 Å². The lowest BCUT2D eigenvalue weighted by Crippen LogP contribution is -2.19. The highest BCUT2D eigenvalue weighted by atomic mass is 15.0. The van der Waals surface area contributed by atoms with Crippen molar-refractivity contribution in [1.82, 2.24) is 0 Å². The molecule has 19 heavy (non-hydrogen) atoms. The molecule has 104 valence electrons. The third-order valence-corrected chi connectivity index (χ3v) is 3.98. The second-order valence-electron chi connectivity index (χ2n) is 5.45. The Morgan fingerprint density at radius 2 is 1.74 bits per heavy atom. The van der Waals surface area contributed by atoms with Gasteiger partial charge in [-0.15, -0.1) is 0 Å². The molecule has 0 spiro atoms. The van der Waals surface area contributed by atoms with E-state index in [1.165, 1.54) is 42.8 Å². The number of benzene rings is 1. The zero-order chi connectivity index (χ0) is 13.7. The van der Waals surface area contributed by atoms with Crippen LogP contribution in [-0.4, -0.2) is 11.9 Å². The van der Waals surface area contributed by atoms with Crippen molar-refractivity contribution in [3.63, 3.8) is 0 Å². The fourth-order valence-electron chi connectivity index (χ4n) is 2.85. The Hall–Kier alpha value is -1.31. The first-order valence-corrected chi connectivity index (χ1v) is 7.73. The lowest BCUT2D eigenvalue weighted by Gasteiger charge is -2.23. The molecule has 2 heteroatoms. The van der Waals surface area contributed by atoms with Gasteiger partial charge in [0.25, 0.3) is 0 Å². The van der Waals surface area contributed by atoms with E-state index in [1.807, 2.05) is 13.8 Å². The summed E-state index contributed by atoms with van der Waals surface area (Å²) in [5.41, 5.74) is 2.63. The summed E-state index contributed by atoms with van der Waals surface area (Å²) in [7, 11) is 0. The van der Waals surface area contributed by atoms with Crippen molar-refractivity contribution >= 4 is 11.5 Å². The summed E-state index contributed by atoms with van der Waals surface area (Å²) >= 11 is 0. The smallest absolute Gasteiger partial charge is 0.106 e. The van der Waals surface area contributed by atoms with Crippen molar-refractivity contribution in [1.29, 1.82) is 0 Å². The maximum atomic E-state index is 4.89. The van der Waals surface area contributed by atoms with Crippen molar-refractivity contribution < 1.29 is 0 Å². The van der Waals surface area contributed by atoms with Gasteiger partial charge in [0.05, 0.1) is 6.04 Å². The summed E-state index contributed by atoms with van der Waals surface area (Å²) in [4.78, 5) is 4.89. The number of hydrogen-bond donors (Lipinski definition) is 1. The summed E-state index contributed by atoms with van der Waals surface area (Å²) in [6, 6.07) is 9.07. The van der Waals surface area contributed by atoms with E-state index in [-0.39, 0.29) is 0 Å². The van der Waals surface area contributed by atoms with Crippen LogP contribution < -0.4 is 5.32 Å². The van der Waals surface area contributed by atoms with Gasteiger partial charge in [0, 0.05) is 12.1 Å². The quantitative estimate of drug-likeness (QED) is 0.778. The molecular formula is C17H26N2. The van der Waals surface area contributed by atoms with Crippen LogP contribution in [0.2, 0.25) is 0 Å². The monoisotopic (exact) mass is 258 g/mol. The Bertz CT molecular complexity index is 402. The van der Waals surface area contributed by atoms with Gasteiger partial charge >= 0.3 is 0 Å². The van der Waals surface area contributed by atoms with Gasteiger partial charge in [-0.25, -0.2) is 0 Å². The first kappa shape index (κ1) is 14.1. The van der Waals surface area contributed by atoms with Crippen molar-refractivity contribution in [2.75, 3.05) is 5.32 Å². The average Bonchev–Trinajstić information content (AvgIpc) is 2.86. The van der Waals surface area contributed by atoms with Crippen LogP contribution in [0.4, 0.5) is 5.69 Å². The maximum Gasteiger partial charge on any atom is 0.106 e. The number of hydrogen-bond acceptors (Lipinski definition) is 1. The zero-order valence-electron chi connectivity index (χ0n) is 12.4.